The van der Waals surface area contributed by atoms with Crippen LogP contribution >= 0.6 is 0 Å². The SMILES string of the molecule is COc1ccc(-c2ccnn2-c2ccc(C(=O)O)cc2)cc1OC1CCOC1. The predicted octanol–water partition coefficient (Wildman–Crippen LogP) is 3.41. The molecule has 1 fully saturated rings. The maximum Gasteiger partial charge on any atom is 0.335 e. The second-order valence-electron chi connectivity index (χ2n) is 6.45. The normalized spacial score (nSPS) is 16.1. The van der Waals surface area contributed by atoms with Gasteiger partial charge in [-0.2, -0.15) is 5.10 Å². The summed E-state index contributed by atoms with van der Waals surface area (Å²) >= 11 is 0. The second kappa shape index (κ2) is 7.74. The molecule has 1 aromatic heterocycles. The third kappa shape index (κ3) is 3.57. The van der Waals surface area contributed by atoms with Crippen molar-refractivity contribution in [1.82, 2.24) is 9.78 Å². The van der Waals surface area contributed by atoms with Gasteiger partial charge in [-0.1, -0.05) is 0 Å². The van der Waals surface area contributed by atoms with Crippen molar-refractivity contribution in [2.75, 3.05) is 20.3 Å². The minimum atomic E-state index is -0.958. The molecule has 4 rings (SSSR count). The summed E-state index contributed by atoms with van der Waals surface area (Å²) < 4.78 is 18.7. The lowest BCUT2D eigenvalue weighted by molar-refractivity contribution is 0.0697. The number of hydrogen-bond acceptors (Lipinski definition) is 5. The predicted molar refractivity (Wildman–Crippen MR) is 102 cm³/mol. The van der Waals surface area contributed by atoms with Crippen LogP contribution in [0.15, 0.2) is 54.7 Å². The molecule has 0 amide bonds. The number of carboxylic acid groups (broad SMARTS) is 1. The first kappa shape index (κ1) is 18.1. The van der Waals surface area contributed by atoms with E-state index in [1.165, 1.54) is 0 Å². The number of carboxylic acids is 1. The fourth-order valence-electron chi connectivity index (χ4n) is 3.19. The molecule has 2 aromatic carbocycles. The largest absolute Gasteiger partial charge is 0.493 e. The fraction of sp³-hybridized carbons (Fsp3) is 0.238. The van der Waals surface area contributed by atoms with Crippen LogP contribution in [0.2, 0.25) is 0 Å². The molecule has 1 saturated heterocycles. The molecule has 0 radical (unpaired) electrons. The van der Waals surface area contributed by atoms with Gasteiger partial charge in [-0.25, -0.2) is 9.48 Å². The molecule has 28 heavy (non-hydrogen) atoms. The number of ether oxygens (including phenoxy) is 3. The molecule has 0 spiro atoms. The molecule has 7 nitrogen and oxygen atoms in total. The van der Waals surface area contributed by atoms with Gasteiger partial charge in [0.25, 0.3) is 0 Å². The van der Waals surface area contributed by atoms with Crippen molar-refractivity contribution in [3.8, 4) is 28.4 Å². The maximum absolute atomic E-state index is 11.1. The van der Waals surface area contributed by atoms with Gasteiger partial charge in [0, 0.05) is 12.0 Å². The van der Waals surface area contributed by atoms with Crippen LogP contribution in [-0.4, -0.2) is 47.3 Å². The number of aromatic carboxylic acids is 1. The molecule has 0 bridgehead atoms. The Kier molecular flexibility index (Phi) is 4.99. The van der Waals surface area contributed by atoms with Gasteiger partial charge in [0.05, 0.1) is 43.5 Å². The van der Waals surface area contributed by atoms with E-state index in [1.54, 1.807) is 42.3 Å². The Bertz CT molecular complexity index is 975. The van der Waals surface area contributed by atoms with E-state index in [-0.39, 0.29) is 11.7 Å². The van der Waals surface area contributed by atoms with Gasteiger partial charge in [-0.15, -0.1) is 0 Å². The van der Waals surface area contributed by atoms with E-state index in [0.717, 1.165) is 23.4 Å². The van der Waals surface area contributed by atoms with E-state index in [9.17, 15) is 4.79 Å². The van der Waals surface area contributed by atoms with E-state index in [0.29, 0.717) is 24.7 Å². The third-order valence-corrected chi connectivity index (χ3v) is 4.64. The topological polar surface area (TPSA) is 82.8 Å². The minimum absolute atomic E-state index is 0.0117. The number of aromatic nitrogens is 2. The lowest BCUT2D eigenvalue weighted by atomic mass is 10.1. The highest BCUT2D eigenvalue weighted by molar-refractivity contribution is 5.87. The molecular formula is C21H20N2O5. The first-order chi connectivity index (χ1) is 13.7. The number of nitrogens with zero attached hydrogens (tertiary/aromatic N) is 2. The second-order valence-corrected chi connectivity index (χ2v) is 6.45. The molecule has 1 aliphatic heterocycles. The Morgan fingerprint density at radius 1 is 1.18 bits per heavy atom. The summed E-state index contributed by atoms with van der Waals surface area (Å²) in [5.74, 6) is 0.358. The molecule has 2 heterocycles. The highest BCUT2D eigenvalue weighted by Crippen LogP contribution is 2.34. The maximum atomic E-state index is 11.1. The van der Waals surface area contributed by atoms with Crippen LogP contribution in [0.1, 0.15) is 16.8 Å². The van der Waals surface area contributed by atoms with Gasteiger partial charge in [0.2, 0.25) is 0 Å². The van der Waals surface area contributed by atoms with Gasteiger partial charge in [0.15, 0.2) is 11.5 Å². The highest BCUT2D eigenvalue weighted by Gasteiger charge is 2.20. The Morgan fingerprint density at radius 2 is 2.00 bits per heavy atom. The van der Waals surface area contributed by atoms with Crippen molar-refractivity contribution >= 4 is 5.97 Å². The zero-order chi connectivity index (χ0) is 19.5. The van der Waals surface area contributed by atoms with Crippen molar-refractivity contribution in [2.24, 2.45) is 0 Å². The molecule has 7 heteroatoms. The van der Waals surface area contributed by atoms with E-state index in [1.807, 2.05) is 24.3 Å². The molecule has 1 unspecified atom stereocenters. The monoisotopic (exact) mass is 380 g/mol. The van der Waals surface area contributed by atoms with Crippen LogP contribution in [-0.2, 0) is 4.74 Å². The summed E-state index contributed by atoms with van der Waals surface area (Å²) in [4.78, 5) is 11.1. The zero-order valence-electron chi connectivity index (χ0n) is 15.4. The third-order valence-electron chi connectivity index (χ3n) is 4.64. The lowest BCUT2D eigenvalue weighted by Crippen LogP contribution is -2.16. The van der Waals surface area contributed by atoms with Crippen molar-refractivity contribution in [3.05, 3.63) is 60.3 Å². The zero-order valence-corrected chi connectivity index (χ0v) is 15.4. The summed E-state index contributed by atoms with van der Waals surface area (Å²) in [6, 6.07) is 14.2. The van der Waals surface area contributed by atoms with Crippen LogP contribution < -0.4 is 9.47 Å². The standard InChI is InChI=1S/C21H20N2O5/c1-26-19-7-4-15(12-20(19)28-17-9-11-27-13-17)18-8-10-22-23(18)16-5-2-14(3-6-16)21(24)25/h2-8,10,12,17H,9,11,13H2,1H3,(H,24,25). The van der Waals surface area contributed by atoms with E-state index in [2.05, 4.69) is 5.10 Å². The highest BCUT2D eigenvalue weighted by atomic mass is 16.6. The molecule has 144 valence electrons. The first-order valence-corrected chi connectivity index (χ1v) is 8.96. The molecule has 1 atom stereocenters. The quantitative estimate of drug-likeness (QED) is 0.706. The fourth-order valence-corrected chi connectivity index (χ4v) is 3.19. The number of rotatable bonds is 6. The smallest absolute Gasteiger partial charge is 0.335 e. The van der Waals surface area contributed by atoms with Gasteiger partial charge >= 0.3 is 5.97 Å². The summed E-state index contributed by atoms with van der Waals surface area (Å²) in [6.45, 7) is 1.27. The molecule has 0 saturated carbocycles. The number of benzene rings is 2. The number of carbonyl (C=O) groups is 1. The first-order valence-electron chi connectivity index (χ1n) is 8.96. The van der Waals surface area contributed by atoms with Crippen molar-refractivity contribution < 1.29 is 24.1 Å². The molecule has 0 aliphatic carbocycles. The van der Waals surface area contributed by atoms with E-state index >= 15 is 0 Å². The van der Waals surface area contributed by atoms with E-state index in [4.69, 9.17) is 19.3 Å². The van der Waals surface area contributed by atoms with Crippen LogP contribution in [0.25, 0.3) is 16.9 Å². The van der Waals surface area contributed by atoms with Crippen LogP contribution in [0.5, 0.6) is 11.5 Å². The van der Waals surface area contributed by atoms with Crippen LogP contribution in [0, 0.1) is 0 Å². The number of methoxy groups -OCH3 is 1. The van der Waals surface area contributed by atoms with E-state index < -0.39 is 5.97 Å². The number of hydrogen-bond donors (Lipinski definition) is 1. The molecule has 3 aromatic rings. The Labute approximate surface area is 162 Å². The minimum Gasteiger partial charge on any atom is -0.493 e. The molecular weight excluding hydrogens is 360 g/mol. The summed E-state index contributed by atoms with van der Waals surface area (Å²) in [5.41, 5.74) is 2.77. The Morgan fingerprint density at radius 3 is 2.68 bits per heavy atom. The van der Waals surface area contributed by atoms with Gasteiger partial charge in [0.1, 0.15) is 6.10 Å². The van der Waals surface area contributed by atoms with Gasteiger partial charge < -0.3 is 19.3 Å². The van der Waals surface area contributed by atoms with Crippen LogP contribution in [0.3, 0.4) is 0 Å². The summed E-state index contributed by atoms with van der Waals surface area (Å²) in [6.07, 6.45) is 2.56. The van der Waals surface area contributed by atoms with Gasteiger partial charge in [-0.3, -0.25) is 0 Å². The molecule has 1 N–H and O–H groups in total. The Balaban J connectivity index is 1.68. The molecule has 1 aliphatic rings. The summed E-state index contributed by atoms with van der Waals surface area (Å²) in [7, 11) is 1.61. The average Bonchev–Trinajstić information content (AvgIpc) is 3.40. The van der Waals surface area contributed by atoms with Gasteiger partial charge in [-0.05, 0) is 48.5 Å². The van der Waals surface area contributed by atoms with Crippen LogP contribution in [0.4, 0.5) is 0 Å². The van der Waals surface area contributed by atoms with Crippen molar-refractivity contribution in [3.63, 3.8) is 0 Å². The van der Waals surface area contributed by atoms with Crippen molar-refractivity contribution in [1.29, 1.82) is 0 Å². The van der Waals surface area contributed by atoms with Crippen molar-refractivity contribution in [2.45, 2.75) is 12.5 Å². The average molecular weight is 380 g/mol. The lowest BCUT2D eigenvalue weighted by Gasteiger charge is -2.16. The Hall–Kier alpha value is -3.32. The summed E-state index contributed by atoms with van der Waals surface area (Å²) in [5, 5.41) is 13.5.